The minimum Gasteiger partial charge on any atom is -0.434 e. The summed E-state index contributed by atoms with van der Waals surface area (Å²) in [4.78, 5) is 16.5. The van der Waals surface area contributed by atoms with E-state index >= 15 is 0 Å². The molecule has 4 aromatic rings. The van der Waals surface area contributed by atoms with Crippen LogP contribution in [0.5, 0.6) is 23.3 Å². The summed E-state index contributed by atoms with van der Waals surface area (Å²) in [6, 6.07) is 7.35. The van der Waals surface area contributed by atoms with Gasteiger partial charge < -0.3 is 15.2 Å². The number of ether oxygens (including phenoxy) is 2. The van der Waals surface area contributed by atoms with Crippen molar-refractivity contribution < 1.29 is 49.5 Å². The number of halogens is 10. The molecule has 8 nitrogen and oxygen atoms in total. The highest BCUT2D eigenvalue weighted by Gasteiger charge is 2.33. The summed E-state index contributed by atoms with van der Waals surface area (Å²) in [5, 5.41) is 9.61. The molecular weight excluding hydrogens is 631 g/mol. The number of pyridine rings is 2. The Morgan fingerprint density at radius 1 is 0.738 bits per heavy atom. The molecule has 0 saturated heterocycles. The molecule has 0 aliphatic rings. The summed E-state index contributed by atoms with van der Waals surface area (Å²) in [5.74, 6) is -3.34. The van der Waals surface area contributed by atoms with Crippen LogP contribution >= 0.6 is 23.2 Å². The Balaban J connectivity index is 0.000000231. The fraction of sp³-hybridized carbons (Fsp3) is 0.0833. The zero-order valence-electron chi connectivity index (χ0n) is 20.1. The molecule has 2 aromatic heterocycles. The molecule has 0 unspecified atom stereocenters. The molecule has 2 heterocycles. The minimum atomic E-state index is -4.63. The van der Waals surface area contributed by atoms with Crippen LogP contribution in [-0.4, -0.2) is 14.9 Å². The normalized spacial score (nSPS) is 11.4. The van der Waals surface area contributed by atoms with Crippen LogP contribution in [0.4, 0.5) is 46.5 Å². The van der Waals surface area contributed by atoms with Crippen molar-refractivity contribution in [3.05, 3.63) is 104 Å². The van der Waals surface area contributed by atoms with E-state index in [1.807, 2.05) is 0 Å². The topological polar surface area (TPSA) is 113 Å². The first-order valence-corrected chi connectivity index (χ1v) is 11.5. The van der Waals surface area contributed by atoms with Gasteiger partial charge in [-0.25, -0.2) is 18.7 Å². The highest BCUT2D eigenvalue weighted by molar-refractivity contribution is 6.32. The number of nitrogens with zero attached hydrogens (tertiary/aromatic N) is 3. The molecule has 0 aliphatic carbocycles. The number of rotatable bonds is 5. The maximum Gasteiger partial charge on any atom is 0.417 e. The number of benzene rings is 2. The number of non-ortho nitro benzene ring substituents is 1. The second-order valence-corrected chi connectivity index (χ2v) is 8.60. The van der Waals surface area contributed by atoms with Crippen molar-refractivity contribution in [2.75, 3.05) is 5.73 Å². The maximum absolute atomic E-state index is 13.6. The van der Waals surface area contributed by atoms with E-state index in [2.05, 4.69) is 9.97 Å². The second-order valence-electron chi connectivity index (χ2n) is 7.78. The van der Waals surface area contributed by atoms with Gasteiger partial charge in [0.2, 0.25) is 11.8 Å². The summed E-state index contributed by atoms with van der Waals surface area (Å²) < 4.78 is 112. The summed E-state index contributed by atoms with van der Waals surface area (Å²) in [7, 11) is 0. The molecule has 0 fully saturated rings. The molecule has 0 amide bonds. The van der Waals surface area contributed by atoms with E-state index < -0.39 is 62.4 Å². The van der Waals surface area contributed by atoms with Crippen LogP contribution in [0.25, 0.3) is 0 Å². The van der Waals surface area contributed by atoms with Gasteiger partial charge in [0.25, 0.3) is 5.69 Å². The van der Waals surface area contributed by atoms with Crippen molar-refractivity contribution in [3.63, 3.8) is 0 Å². The Morgan fingerprint density at radius 3 is 1.52 bits per heavy atom. The summed E-state index contributed by atoms with van der Waals surface area (Å²) >= 11 is 11.2. The largest absolute Gasteiger partial charge is 0.434 e. The number of anilines is 1. The SMILES string of the molecule is Nc1ccc(Oc2ncc(C(F)(F)F)cc2Cl)c(F)c1.O=[N+]([O-])c1ccc(Oc2ncc(C(F)(F)F)cc2Cl)c(F)c1. The molecule has 0 bridgehead atoms. The number of alkyl halides is 6. The Hall–Kier alpha value is -4.44. The molecule has 42 heavy (non-hydrogen) atoms. The van der Waals surface area contributed by atoms with Gasteiger partial charge in [-0.05, 0) is 30.3 Å². The average Bonchev–Trinajstić information content (AvgIpc) is 2.88. The number of nitrogen functional groups attached to an aromatic ring is 1. The molecule has 222 valence electrons. The van der Waals surface area contributed by atoms with Gasteiger partial charge in [-0.3, -0.25) is 10.1 Å². The molecule has 0 spiro atoms. The van der Waals surface area contributed by atoms with Gasteiger partial charge in [-0.2, -0.15) is 26.3 Å². The van der Waals surface area contributed by atoms with Gasteiger partial charge in [-0.1, -0.05) is 23.2 Å². The lowest BCUT2D eigenvalue weighted by Gasteiger charge is -2.10. The Bertz CT molecular complexity index is 1620. The third-order valence-corrected chi connectivity index (χ3v) is 5.31. The Labute approximate surface area is 239 Å². The standard InChI is InChI=1S/C12H5ClF4N2O3.C12H7ClF4N2O/c13-8-3-6(12(15,16)17)5-18-11(8)22-10-2-1-7(19(20)21)4-9(10)14;13-8-3-6(12(15,16)17)5-19-11(8)20-10-2-1-7(18)4-9(10)14/h1-5H;1-5H,18H2. The Morgan fingerprint density at radius 2 is 1.17 bits per heavy atom. The quantitative estimate of drug-likeness (QED) is 0.100. The lowest BCUT2D eigenvalue weighted by molar-refractivity contribution is -0.385. The van der Waals surface area contributed by atoms with E-state index in [-0.39, 0.29) is 22.3 Å². The zero-order valence-corrected chi connectivity index (χ0v) is 21.6. The molecule has 18 heteroatoms. The number of nitro benzene ring substituents is 1. The van der Waals surface area contributed by atoms with Gasteiger partial charge in [0, 0.05) is 30.2 Å². The minimum absolute atomic E-state index is 0.182. The van der Waals surface area contributed by atoms with Gasteiger partial charge in [0.05, 0.1) is 22.1 Å². The smallest absolute Gasteiger partial charge is 0.417 e. The van der Waals surface area contributed by atoms with Crippen LogP contribution in [0, 0.1) is 21.7 Å². The van der Waals surface area contributed by atoms with Crippen molar-refractivity contribution in [2.24, 2.45) is 0 Å². The van der Waals surface area contributed by atoms with Crippen LogP contribution in [-0.2, 0) is 12.4 Å². The summed E-state index contributed by atoms with van der Waals surface area (Å²) in [6.07, 6.45) is -8.17. The molecule has 2 N–H and O–H groups in total. The van der Waals surface area contributed by atoms with E-state index in [1.54, 1.807) is 0 Å². The average molecular weight is 643 g/mol. The first-order chi connectivity index (χ1) is 19.5. The number of hydrogen-bond acceptors (Lipinski definition) is 7. The molecule has 0 aliphatic heterocycles. The lowest BCUT2D eigenvalue weighted by atomic mass is 10.3. The highest BCUT2D eigenvalue weighted by atomic mass is 35.5. The van der Waals surface area contributed by atoms with Crippen molar-refractivity contribution in [2.45, 2.75) is 12.4 Å². The molecule has 4 rings (SSSR count). The number of aromatic nitrogens is 2. The molecule has 0 radical (unpaired) electrons. The first kappa shape index (κ1) is 32.1. The van der Waals surface area contributed by atoms with E-state index in [1.165, 1.54) is 12.1 Å². The van der Waals surface area contributed by atoms with Gasteiger partial charge in [-0.15, -0.1) is 0 Å². The molecular formula is C24H12Cl2F8N4O4. The fourth-order valence-electron chi connectivity index (χ4n) is 2.81. The zero-order chi connectivity index (χ0) is 31.4. The van der Waals surface area contributed by atoms with Gasteiger partial charge >= 0.3 is 12.4 Å². The van der Waals surface area contributed by atoms with Crippen LogP contribution in [0.2, 0.25) is 10.0 Å². The van der Waals surface area contributed by atoms with Crippen molar-refractivity contribution >= 4 is 34.6 Å². The highest BCUT2D eigenvalue weighted by Crippen LogP contribution is 2.37. The van der Waals surface area contributed by atoms with Crippen molar-refractivity contribution in [1.82, 2.24) is 9.97 Å². The predicted octanol–water partition coefficient (Wildman–Crippen LogP) is 8.86. The monoisotopic (exact) mass is 642 g/mol. The van der Waals surface area contributed by atoms with E-state index in [4.69, 9.17) is 38.4 Å². The van der Waals surface area contributed by atoms with Gasteiger partial charge in [0.1, 0.15) is 10.0 Å². The number of hydrogen-bond donors (Lipinski definition) is 1. The number of nitro groups is 1. The number of nitrogens with two attached hydrogens (primary N) is 1. The molecule has 2 aromatic carbocycles. The van der Waals surface area contributed by atoms with Crippen molar-refractivity contribution in [1.29, 1.82) is 0 Å². The third kappa shape index (κ3) is 8.29. The summed E-state index contributed by atoms with van der Waals surface area (Å²) in [5.41, 5.74) is 2.93. The summed E-state index contributed by atoms with van der Waals surface area (Å²) in [6.45, 7) is 0. The van der Waals surface area contributed by atoms with Crippen LogP contribution in [0.15, 0.2) is 60.9 Å². The van der Waals surface area contributed by atoms with Gasteiger partial charge in [0.15, 0.2) is 23.1 Å². The van der Waals surface area contributed by atoms with Crippen LogP contribution < -0.4 is 15.2 Å². The van der Waals surface area contributed by atoms with E-state index in [9.17, 15) is 45.2 Å². The maximum atomic E-state index is 13.6. The molecule has 0 atom stereocenters. The lowest BCUT2D eigenvalue weighted by Crippen LogP contribution is -2.06. The first-order valence-electron chi connectivity index (χ1n) is 10.8. The van der Waals surface area contributed by atoms with Crippen LogP contribution in [0.1, 0.15) is 11.1 Å². The second kappa shape index (κ2) is 12.6. The van der Waals surface area contributed by atoms with Crippen molar-refractivity contribution in [3.8, 4) is 23.3 Å². The van der Waals surface area contributed by atoms with Crippen LogP contribution in [0.3, 0.4) is 0 Å². The van der Waals surface area contributed by atoms with E-state index in [0.29, 0.717) is 30.6 Å². The van der Waals surface area contributed by atoms with E-state index in [0.717, 1.165) is 18.2 Å². The Kier molecular flexibility index (Phi) is 9.63. The fourth-order valence-corrected chi connectivity index (χ4v) is 3.22. The third-order valence-electron chi connectivity index (χ3n) is 4.76. The predicted molar refractivity (Wildman–Crippen MR) is 133 cm³/mol. The molecule has 0 saturated carbocycles.